The molecular formula is C35H29N3O6S2. The van der Waals surface area contributed by atoms with Crippen LogP contribution < -0.4 is 13.5 Å². The van der Waals surface area contributed by atoms with Crippen LogP contribution >= 0.6 is 0 Å². The zero-order valence-corrected chi connectivity index (χ0v) is 26.5. The van der Waals surface area contributed by atoms with Crippen molar-refractivity contribution in [1.29, 1.82) is 0 Å². The molecule has 2 bridgehead atoms. The largest absolute Gasteiger partial charge is 0.478 e. The van der Waals surface area contributed by atoms with Crippen molar-refractivity contribution >= 4 is 43.1 Å². The molecular weight excluding hydrogens is 623 g/mol. The fourth-order valence-electron chi connectivity index (χ4n) is 6.22. The predicted octanol–water partition coefficient (Wildman–Crippen LogP) is 6.62. The van der Waals surface area contributed by atoms with Gasteiger partial charge < -0.3 is 10.0 Å². The van der Waals surface area contributed by atoms with E-state index in [1.54, 1.807) is 114 Å². The molecule has 5 aromatic carbocycles. The lowest BCUT2D eigenvalue weighted by molar-refractivity contribution is 0.0697. The Balaban J connectivity index is 1.56. The minimum Gasteiger partial charge on any atom is -0.478 e. The van der Waals surface area contributed by atoms with Crippen LogP contribution in [0.25, 0.3) is 0 Å². The van der Waals surface area contributed by atoms with Crippen LogP contribution in [0.1, 0.15) is 44.9 Å². The quantitative estimate of drug-likeness (QED) is 0.219. The van der Waals surface area contributed by atoms with E-state index in [4.69, 9.17) is 0 Å². The second kappa shape index (κ2) is 10.7. The molecule has 232 valence electrons. The zero-order valence-electron chi connectivity index (χ0n) is 24.8. The maximum Gasteiger partial charge on any atom is 0.335 e. The van der Waals surface area contributed by atoms with Gasteiger partial charge in [0, 0.05) is 16.8 Å². The number of sulfonamides is 2. The van der Waals surface area contributed by atoms with E-state index in [1.807, 2.05) is 13.8 Å². The highest BCUT2D eigenvalue weighted by atomic mass is 32.2. The molecule has 5 aromatic rings. The number of rotatable bonds is 6. The minimum absolute atomic E-state index is 0.0417. The molecule has 2 atom stereocenters. The molecule has 0 aliphatic carbocycles. The third kappa shape index (κ3) is 4.53. The van der Waals surface area contributed by atoms with Crippen LogP contribution in [-0.4, -0.2) is 27.9 Å². The smallest absolute Gasteiger partial charge is 0.335 e. The first-order chi connectivity index (χ1) is 22.0. The molecule has 7 rings (SSSR count). The van der Waals surface area contributed by atoms with Crippen LogP contribution in [0.4, 0.5) is 17.1 Å². The molecule has 46 heavy (non-hydrogen) atoms. The average molecular weight is 652 g/mol. The Bertz CT molecular complexity index is 2070. The van der Waals surface area contributed by atoms with E-state index >= 15 is 0 Å². The van der Waals surface area contributed by atoms with E-state index in [0.29, 0.717) is 28.2 Å². The summed E-state index contributed by atoms with van der Waals surface area (Å²) in [4.78, 5) is 13.7. The lowest BCUT2D eigenvalue weighted by Crippen LogP contribution is -2.59. The summed E-state index contributed by atoms with van der Waals surface area (Å²) in [7, 11) is -8.46. The summed E-state index contributed by atoms with van der Waals surface area (Å²) in [6, 6.07) is 33.0. The van der Waals surface area contributed by atoms with Gasteiger partial charge in [-0.15, -0.1) is 0 Å². The van der Waals surface area contributed by atoms with Crippen LogP contribution in [0, 0.1) is 13.8 Å². The number of nitrogens with zero attached hydrogens (tertiary/aromatic N) is 3. The number of carboxylic acids is 1. The van der Waals surface area contributed by atoms with Crippen LogP contribution in [0.15, 0.2) is 131 Å². The highest BCUT2D eigenvalue weighted by molar-refractivity contribution is 7.93. The molecule has 2 aliphatic rings. The second-order valence-electron chi connectivity index (χ2n) is 11.4. The van der Waals surface area contributed by atoms with Crippen molar-refractivity contribution in [2.24, 2.45) is 0 Å². The normalized spacial score (nSPS) is 17.3. The molecule has 0 unspecified atom stereocenters. The van der Waals surface area contributed by atoms with E-state index in [0.717, 1.165) is 11.1 Å². The fraction of sp³-hybridized carbons (Fsp3) is 0.114. The molecule has 2 aliphatic heterocycles. The summed E-state index contributed by atoms with van der Waals surface area (Å²) in [6.45, 7) is 3.75. The lowest BCUT2D eigenvalue weighted by atomic mass is 9.95. The van der Waals surface area contributed by atoms with Gasteiger partial charge >= 0.3 is 5.97 Å². The van der Waals surface area contributed by atoms with E-state index < -0.39 is 38.3 Å². The van der Waals surface area contributed by atoms with Crippen molar-refractivity contribution in [3.63, 3.8) is 0 Å². The number of benzene rings is 5. The molecule has 0 amide bonds. The number of anilines is 3. The lowest BCUT2D eigenvalue weighted by Gasteiger charge is -2.56. The Kier molecular flexibility index (Phi) is 6.91. The third-order valence-corrected chi connectivity index (χ3v) is 12.0. The van der Waals surface area contributed by atoms with Gasteiger partial charge in [-0.25, -0.2) is 30.2 Å². The van der Waals surface area contributed by atoms with Gasteiger partial charge in [-0.1, -0.05) is 71.8 Å². The summed E-state index contributed by atoms with van der Waals surface area (Å²) in [5, 5.41) is 9.61. The van der Waals surface area contributed by atoms with Gasteiger partial charge in [0.05, 0.1) is 26.7 Å². The number of hydrogen-bond acceptors (Lipinski definition) is 6. The molecule has 11 heteroatoms. The molecule has 0 fully saturated rings. The molecule has 2 heterocycles. The van der Waals surface area contributed by atoms with Crippen LogP contribution in [0.3, 0.4) is 0 Å². The fourth-order valence-corrected chi connectivity index (χ4v) is 9.44. The zero-order chi connectivity index (χ0) is 32.4. The Morgan fingerprint density at radius 2 is 0.957 bits per heavy atom. The van der Waals surface area contributed by atoms with Gasteiger partial charge in [0.25, 0.3) is 20.0 Å². The van der Waals surface area contributed by atoms with Crippen LogP contribution in [0.5, 0.6) is 0 Å². The Hall–Kier alpha value is -5.13. The maximum absolute atomic E-state index is 14.7. The number of aromatic carboxylic acids is 1. The van der Waals surface area contributed by atoms with E-state index in [-0.39, 0.29) is 15.4 Å². The summed E-state index contributed by atoms with van der Waals surface area (Å²) in [5.74, 6) is -1.12. The van der Waals surface area contributed by atoms with Crippen LogP contribution in [0.2, 0.25) is 0 Å². The number of fused-ring (bicyclic) bond motifs is 6. The predicted molar refractivity (Wildman–Crippen MR) is 176 cm³/mol. The van der Waals surface area contributed by atoms with Crippen molar-refractivity contribution in [2.45, 2.75) is 36.0 Å². The monoisotopic (exact) mass is 651 g/mol. The molecule has 0 spiro atoms. The number of para-hydroxylation sites is 2. The minimum atomic E-state index is -4.23. The molecule has 0 saturated heterocycles. The number of carboxylic acid groups (broad SMARTS) is 1. The van der Waals surface area contributed by atoms with E-state index in [9.17, 15) is 26.7 Å². The van der Waals surface area contributed by atoms with Gasteiger partial charge in [0.15, 0.2) is 0 Å². The highest BCUT2D eigenvalue weighted by Crippen LogP contribution is 2.57. The van der Waals surface area contributed by atoms with Gasteiger partial charge in [-0.2, -0.15) is 0 Å². The number of aryl methyl sites for hydroxylation is 2. The van der Waals surface area contributed by atoms with Crippen molar-refractivity contribution in [1.82, 2.24) is 0 Å². The summed E-state index contributed by atoms with van der Waals surface area (Å²) < 4.78 is 61.6. The summed E-state index contributed by atoms with van der Waals surface area (Å²) >= 11 is 0. The first kappa shape index (κ1) is 29.6. The topological polar surface area (TPSA) is 115 Å². The number of hydrogen-bond donors (Lipinski definition) is 1. The van der Waals surface area contributed by atoms with Gasteiger partial charge in [-0.05, 0) is 74.5 Å². The van der Waals surface area contributed by atoms with Crippen LogP contribution in [-0.2, 0) is 20.0 Å². The second-order valence-corrected chi connectivity index (χ2v) is 15.0. The van der Waals surface area contributed by atoms with Crippen molar-refractivity contribution in [3.8, 4) is 0 Å². The molecule has 0 radical (unpaired) electrons. The van der Waals surface area contributed by atoms with Gasteiger partial charge in [-0.3, -0.25) is 0 Å². The van der Waals surface area contributed by atoms with Crippen molar-refractivity contribution < 1.29 is 26.7 Å². The summed E-state index contributed by atoms with van der Waals surface area (Å²) in [5.41, 5.74) is 3.86. The van der Waals surface area contributed by atoms with E-state index in [1.165, 1.54) is 20.7 Å². The third-order valence-electron chi connectivity index (χ3n) is 8.44. The molecule has 9 nitrogen and oxygen atoms in total. The Morgan fingerprint density at radius 3 is 1.35 bits per heavy atom. The van der Waals surface area contributed by atoms with Crippen molar-refractivity contribution in [3.05, 3.63) is 149 Å². The average Bonchev–Trinajstić information content (AvgIpc) is 3.05. The first-order valence-corrected chi connectivity index (χ1v) is 17.4. The highest BCUT2D eigenvalue weighted by Gasteiger charge is 2.54. The SMILES string of the molecule is Cc1ccc(S(=O)(=O)N2c3ccccc3[C@H]3N(c4ccc(C(=O)O)cc4)[C@@H]2c2ccccc2N3S(=O)(=O)c2ccc(C)cc2)cc1. The number of carbonyl (C=O) groups is 1. The Labute approximate surface area is 267 Å². The van der Waals surface area contributed by atoms with Crippen molar-refractivity contribution in [2.75, 3.05) is 13.5 Å². The molecule has 1 N–H and O–H groups in total. The standard InChI is InChI=1S/C35H29N3O6S2/c1-23-11-19-27(20-12-23)45(41,42)37-31-9-5-3-7-29(31)34-36(26-17-15-25(16-18-26)35(39)40)33(37)30-8-4-6-10-32(30)38(34)46(43,44)28-21-13-24(2)14-22-28/h3-22,33-34H,1-2H3,(H,39,40)/t33-,34-/m0/s1. The van der Waals surface area contributed by atoms with Gasteiger partial charge in [0.1, 0.15) is 12.3 Å². The molecule has 0 aromatic heterocycles. The first-order valence-electron chi connectivity index (χ1n) is 14.5. The van der Waals surface area contributed by atoms with Gasteiger partial charge in [0.2, 0.25) is 0 Å². The Morgan fingerprint density at radius 1 is 0.565 bits per heavy atom. The summed E-state index contributed by atoms with van der Waals surface area (Å²) in [6.07, 6.45) is -2.05. The molecule has 0 saturated carbocycles. The maximum atomic E-state index is 14.7. The van der Waals surface area contributed by atoms with E-state index in [2.05, 4.69) is 0 Å².